The number of halogens is 9. The average Bonchev–Trinajstić information content (AvgIpc) is 2.58. The summed E-state index contributed by atoms with van der Waals surface area (Å²) in [6.45, 7) is 1.61. The van der Waals surface area contributed by atoms with E-state index in [1.165, 1.54) is 17.4 Å². The van der Waals surface area contributed by atoms with Gasteiger partial charge in [-0.05, 0) is 30.7 Å². The SMILES string of the molecule is Cc1ccc(C(NC(=O)Nc2cc(C(F)(F)F)cc(C(F)(F)F)c2)C(F)(F)F)cc1. The quantitative estimate of drug-likeness (QED) is 0.525. The molecule has 0 aliphatic heterocycles. The van der Waals surface area contributed by atoms with Crippen LogP contribution in [0.3, 0.4) is 0 Å². The van der Waals surface area contributed by atoms with Gasteiger partial charge in [0.05, 0.1) is 11.1 Å². The van der Waals surface area contributed by atoms with Crippen LogP contribution in [0.2, 0.25) is 0 Å². The molecule has 2 N–H and O–H groups in total. The second-order valence-electron chi connectivity index (χ2n) is 6.28. The molecule has 0 saturated carbocycles. The third-order valence-corrected chi connectivity index (χ3v) is 3.86. The molecule has 12 heteroatoms. The highest BCUT2D eigenvalue weighted by molar-refractivity contribution is 5.89. The minimum absolute atomic E-state index is 0.173. The monoisotopic (exact) mass is 444 g/mol. The molecule has 2 amide bonds. The van der Waals surface area contributed by atoms with Crippen molar-refractivity contribution in [3.63, 3.8) is 0 Å². The van der Waals surface area contributed by atoms with Crippen molar-refractivity contribution in [3.05, 3.63) is 64.7 Å². The molecule has 1 atom stereocenters. The third kappa shape index (κ3) is 6.04. The number of hydrogen-bond acceptors (Lipinski definition) is 1. The molecule has 2 aromatic rings. The van der Waals surface area contributed by atoms with Crippen LogP contribution in [0, 0.1) is 6.92 Å². The van der Waals surface area contributed by atoms with Crippen LogP contribution >= 0.6 is 0 Å². The van der Waals surface area contributed by atoms with E-state index in [9.17, 15) is 44.3 Å². The normalized spacial score (nSPS) is 13.7. The van der Waals surface area contributed by atoms with Gasteiger partial charge in [-0.25, -0.2) is 4.79 Å². The van der Waals surface area contributed by atoms with Gasteiger partial charge in [0.1, 0.15) is 0 Å². The number of nitrogens with one attached hydrogen (secondary N) is 2. The van der Waals surface area contributed by atoms with Gasteiger partial charge in [-0.1, -0.05) is 29.8 Å². The van der Waals surface area contributed by atoms with E-state index in [0.29, 0.717) is 5.56 Å². The molecule has 1 unspecified atom stereocenters. The van der Waals surface area contributed by atoms with Crippen LogP contribution in [-0.4, -0.2) is 12.2 Å². The molecule has 2 rings (SSSR count). The molecule has 0 aromatic heterocycles. The molecule has 3 nitrogen and oxygen atoms in total. The van der Waals surface area contributed by atoms with E-state index in [1.807, 2.05) is 0 Å². The maximum absolute atomic E-state index is 13.3. The topological polar surface area (TPSA) is 41.1 Å². The summed E-state index contributed by atoms with van der Waals surface area (Å²) in [5.41, 5.74) is -4.16. The Morgan fingerprint density at radius 3 is 1.67 bits per heavy atom. The molecule has 0 radical (unpaired) electrons. The van der Waals surface area contributed by atoms with Gasteiger partial charge in [-0.2, -0.15) is 39.5 Å². The van der Waals surface area contributed by atoms with Gasteiger partial charge in [-0.3, -0.25) is 0 Å². The number of benzene rings is 2. The summed E-state index contributed by atoms with van der Waals surface area (Å²) in [5.74, 6) is 0. The third-order valence-electron chi connectivity index (χ3n) is 3.86. The second kappa shape index (κ2) is 8.07. The van der Waals surface area contributed by atoms with Crippen molar-refractivity contribution < 1.29 is 44.3 Å². The van der Waals surface area contributed by atoms with Gasteiger partial charge in [0, 0.05) is 5.69 Å². The Labute approximate surface area is 163 Å². The number of anilines is 1. The maximum atomic E-state index is 13.3. The minimum Gasteiger partial charge on any atom is -0.322 e. The zero-order valence-corrected chi connectivity index (χ0v) is 14.9. The lowest BCUT2D eigenvalue weighted by Crippen LogP contribution is -2.40. The molecule has 30 heavy (non-hydrogen) atoms. The fourth-order valence-corrected chi connectivity index (χ4v) is 2.44. The van der Waals surface area contributed by atoms with Crippen molar-refractivity contribution in [2.45, 2.75) is 31.5 Å². The zero-order valence-electron chi connectivity index (χ0n) is 14.9. The van der Waals surface area contributed by atoms with E-state index >= 15 is 0 Å². The number of hydrogen-bond donors (Lipinski definition) is 2. The number of aryl methyl sites for hydroxylation is 1. The lowest BCUT2D eigenvalue weighted by Gasteiger charge is -2.23. The van der Waals surface area contributed by atoms with Crippen molar-refractivity contribution in [1.29, 1.82) is 0 Å². The highest BCUT2D eigenvalue weighted by Crippen LogP contribution is 2.38. The van der Waals surface area contributed by atoms with Crippen molar-refractivity contribution in [1.82, 2.24) is 5.32 Å². The van der Waals surface area contributed by atoms with Gasteiger partial charge in [0.25, 0.3) is 0 Å². The van der Waals surface area contributed by atoms with Gasteiger partial charge in [0.15, 0.2) is 6.04 Å². The number of carbonyl (C=O) groups excluding carboxylic acids is 1. The molecule has 0 fully saturated rings. The first-order valence-electron chi connectivity index (χ1n) is 8.07. The lowest BCUT2D eigenvalue weighted by atomic mass is 10.0. The number of alkyl halides is 9. The number of rotatable bonds is 3. The first-order valence-corrected chi connectivity index (χ1v) is 8.07. The second-order valence-corrected chi connectivity index (χ2v) is 6.28. The fraction of sp³-hybridized carbons (Fsp3) is 0.278. The van der Waals surface area contributed by atoms with Crippen molar-refractivity contribution in [2.24, 2.45) is 0 Å². The van der Waals surface area contributed by atoms with Crippen LogP contribution in [0.15, 0.2) is 42.5 Å². The van der Waals surface area contributed by atoms with Crippen LogP contribution in [0.1, 0.15) is 28.3 Å². The molecule has 0 spiro atoms. The predicted octanol–water partition coefficient (Wildman–Crippen LogP) is 6.46. The summed E-state index contributed by atoms with van der Waals surface area (Å²) in [5, 5.41) is 3.12. The molecular formula is C18H13F9N2O. The van der Waals surface area contributed by atoms with E-state index in [0.717, 1.165) is 12.1 Å². The molecule has 2 aromatic carbocycles. The Morgan fingerprint density at radius 2 is 1.27 bits per heavy atom. The summed E-state index contributed by atoms with van der Waals surface area (Å²) in [6.07, 6.45) is -15.3. The van der Waals surface area contributed by atoms with Crippen molar-refractivity contribution in [3.8, 4) is 0 Å². The van der Waals surface area contributed by atoms with Crippen molar-refractivity contribution >= 4 is 11.7 Å². The highest BCUT2D eigenvalue weighted by atomic mass is 19.4. The average molecular weight is 444 g/mol. The summed E-state index contributed by atoms with van der Waals surface area (Å²) in [4.78, 5) is 11.9. The predicted molar refractivity (Wildman–Crippen MR) is 88.6 cm³/mol. The Hall–Kier alpha value is -2.92. The Morgan fingerprint density at radius 1 is 0.800 bits per heavy atom. The number of carbonyl (C=O) groups is 1. The molecule has 164 valence electrons. The Balaban J connectivity index is 2.32. The summed E-state index contributed by atoms with van der Waals surface area (Å²) in [6, 6.07) is 0.878. The largest absolute Gasteiger partial charge is 0.416 e. The molecule has 0 aliphatic rings. The smallest absolute Gasteiger partial charge is 0.322 e. The van der Waals surface area contributed by atoms with Crippen LogP contribution in [0.25, 0.3) is 0 Å². The highest BCUT2D eigenvalue weighted by Gasteiger charge is 2.42. The minimum atomic E-state index is -5.18. The number of urea groups is 1. The van der Waals surface area contributed by atoms with Gasteiger partial charge >= 0.3 is 24.6 Å². The molecular weight excluding hydrogens is 431 g/mol. The van der Waals surface area contributed by atoms with Crippen LogP contribution in [0.5, 0.6) is 0 Å². The first-order chi connectivity index (χ1) is 13.6. The fourth-order valence-electron chi connectivity index (χ4n) is 2.44. The van der Waals surface area contributed by atoms with Crippen molar-refractivity contribution in [2.75, 3.05) is 5.32 Å². The molecule has 0 aliphatic carbocycles. The van der Waals surface area contributed by atoms with E-state index in [1.54, 1.807) is 12.2 Å². The summed E-state index contributed by atoms with van der Waals surface area (Å²) >= 11 is 0. The van der Waals surface area contributed by atoms with Crippen LogP contribution in [-0.2, 0) is 12.4 Å². The Bertz CT molecular complexity index is 868. The maximum Gasteiger partial charge on any atom is 0.416 e. The zero-order chi connectivity index (χ0) is 22.9. The van der Waals surface area contributed by atoms with Gasteiger partial charge in [0.2, 0.25) is 0 Å². The Kier molecular flexibility index (Phi) is 6.29. The van der Waals surface area contributed by atoms with Gasteiger partial charge in [-0.15, -0.1) is 0 Å². The summed E-state index contributed by atoms with van der Waals surface area (Å²) < 4.78 is 117. The standard InChI is InChI=1S/C18H13F9N2O/c1-9-2-4-10(5-3-9)14(18(25,26)27)29-15(30)28-13-7-11(16(19,20)21)6-12(8-13)17(22,23)24/h2-8,14H,1H3,(H2,28,29,30). The molecule has 0 heterocycles. The van der Waals surface area contributed by atoms with Crippen LogP contribution < -0.4 is 10.6 Å². The summed E-state index contributed by atoms with van der Waals surface area (Å²) in [7, 11) is 0. The van der Waals surface area contributed by atoms with Gasteiger partial charge < -0.3 is 10.6 Å². The first kappa shape index (κ1) is 23.4. The van der Waals surface area contributed by atoms with E-state index in [2.05, 4.69) is 0 Å². The lowest BCUT2D eigenvalue weighted by molar-refractivity contribution is -0.154. The van der Waals surface area contributed by atoms with E-state index in [-0.39, 0.29) is 23.8 Å². The van der Waals surface area contributed by atoms with Crippen LogP contribution in [0.4, 0.5) is 50.0 Å². The molecule has 0 saturated heterocycles. The number of amides is 2. The molecule has 0 bridgehead atoms. The van der Waals surface area contributed by atoms with E-state index in [4.69, 9.17) is 0 Å². The van der Waals surface area contributed by atoms with E-state index < -0.39 is 47.4 Å².